The highest BCUT2D eigenvalue weighted by Gasteiger charge is 2.16. The molecule has 3 heterocycles. The van der Waals surface area contributed by atoms with Gasteiger partial charge >= 0.3 is 0 Å². The molecule has 26 heavy (non-hydrogen) atoms. The van der Waals surface area contributed by atoms with Gasteiger partial charge in [0.15, 0.2) is 5.82 Å². The van der Waals surface area contributed by atoms with Crippen molar-refractivity contribution in [1.29, 1.82) is 0 Å². The van der Waals surface area contributed by atoms with Crippen LogP contribution in [-0.4, -0.2) is 20.7 Å². The number of thiophene rings is 1. The van der Waals surface area contributed by atoms with Gasteiger partial charge in [-0.2, -0.15) is 5.10 Å². The molecule has 5 nitrogen and oxygen atoms in total. The average Bonchev–Trinajstić information content (AvgIpc) is 3.26. The quantitative estimate of drug-likeness (QED) is 0.417. The highest BCUT2D eigenvalue weighted by Crippen LogP contribution is 2.29. The fourth-order valence-corrected chi connectivity index (χ4v) is 3.62. The third-order valence-electron chi connectivity index (χ3n) is 4.49. The normalized spacial score (nSPS) is 11.5. The molecular weight excluding hydrogens is 342 g/mol. The summed E-state index contributed by atoms with van der Waals surface area (Å²) in [5.74, 6) is 0.732. The average molecular weight is 361 g/mol. The number of hydrogen-bond acceptors (Lipinski definition) is 5. The van der Waals surface area contributed by atoms with Crippen LogP contribution in [0.3, 0.4) is 0 Å². The van der Waals surface area contributed by atoms with Crippen molar-refractivity contribution in [3.05, 3.63) is 75.9 Å². The first kappa shape index (κ1) is 16.5. The van der Waals surface area contributed by atoms with Gasteiger partial charge in [0.05, 0.1) is 11.6 Å². The molecule has 0 atom stereocenters. The highest BCUT2D eigenvalue weighted by atomic mass is 32.1. The van der Waals surface area contributed by atoms with Gasteiger partial charge in [-0.15, -0.1) is 11.3 Å². The van der Waals surface area contributed by atoms with Crippen molar-refractivity contribution in [1.82, 2.24) is 14.5 Å². The van der Waals surface area contributed by atoms with E-state index in [0.717, 1.165) is 28.3 Å². The van der Waals surface area contributed by atoms with Crippen LogP contribution in [0.4, 0.5) is 5.82 Å². The lowest BCUT2D eigenvalue weighted by Gasteiger charge is -2.08. The fourth-order valence-electron chi connectivity index (χ4n) is 3.03. The maximum Gasteiger partial charge on any atom is 0.159 e. The van der Waals surface area contributed by atoms with E-state index in [9.17, 15) is 0 Å². The van der Waals surface area contributed by atoms with Crippen LogP contribution in [0.5, 0.6) is 0 Å². The Hall–Kier alpha value is -2.99. The highest BCUT2D eigenvalue weighted by molar-refractivity contribution is 7.11. The fraction of sp³-hybridized carbons (Fsp3) is 0.150. The molecule has 1 aromatic carbocycles. The first-order valence-corrected chi connectivity index (χ1v) is 9.29. The van der Waals surface area contributed by atoms with Crippen molar-refractivity contribution < 1.29 is 0 Å². The summed E-state index contributed by atoms with van der Waals surface area (Å²) >= 11 is 1.65. The van der Waals surface area contributed by atoms with E-state index in [4.69, 9.17) is 0 Å². The van der Waals surface area contributed by atoms with Crippen LogP contribution >= 0.6 is 11.3 Å². The third-order valence-corrected chi connectivity index (χ3v) is 5.30. The van der Waals surface area contributed by atoms with Gasteiger partial charge in [-0.3, -0.25) is 5.43 Å². The van der Waals surface area contributed by atoms with E-state index in [1.165, 1.54) is 16.8 Å². The zero-order chi connectivity index (χ0) is 17.9. The molecule has 0 unspecified atom stereocenters. The topological polar surface area (TPSA) is 55.1 Å². The predicted octanol–water partition coefficient (Wildman–Crippen LogP) is 4.60. The number of nitrogens with zero attached hydrogens (tertiary/aromatic N) is 4. The van der Waals surface area contributed by atoms with Gasteiger partial charge in [0.25, 0.3) is 0 Å². The molecule has 0 amide bonds. The maximum atomic E-state index is 4.54. The molecule has 0 saturated carbocycles. The molecule has 1 N–H and O–H groups in total. The Bertz CT molecular complexity index is 1050. The number of hydrazone groups is 1. The Morgan fingerprint density at radius 2 is 1.96 bits per heavy atom. The summed E-state index contributed by atoms with van der Waals surface area (Å²) in [6.07, 6.45) is 3.40. The van der Waals surface area contributed by atoms with Crippen molar-refractivity contribution in [3.63, 3.8) is 0 Å². The second kappa shape index (κ2) is 7.09. The molecule has 0 saturated heterocycles. The Morgan fingerprint density at radius 3 is 2.73 bits per heavy atom. The van der Waals surface area contributed by atoms with Gasteiger partial charge in [0.1, 0.15) is 12.0 Å². The first-order chi connectivity index (χ1) is 12.7. The van der Waals surface area contributed by atoms with E-state index in [1.807, 2.05) is 29.8 Å². The van der Waals surface area contributed by atoms with Crippen LogP contribution in [-0.2, 0) is 6.54 Å². The number of aromatic nitrogens is 3. The number of hydrogen-bond donors (Lipinski definition) is 1. The molecule has 0 radical (unpaired) electrons. The number of aryl methyl sites for hydroxylation is 1. The predicted molar refractivity (Wildman–Crippen MR) is 108 cm³/mol. The number of benzene rings is 1. The zero-order valence-corrected chi connectivity index (χ0v) is 15.5. The molecule has 3 aromatic heterocycles. The van der Waals surface area contributed by atoms with Crippen molar-refractivity contribution >= 4 is 34.4 Å². The van der Waals surface area contributed by atoms with E-state index >= 15 is 0 Å². The molecule has 0 aliphatic heterocycles. The molecule has 0 fully saturated rings. The van der Waals surface area contributed by atoms with Crippen LogP contribution in [0.15, 0.2) is 59.3 Å². The minimum absolute atomic E-state index is 0.732. The van der Waals surface area contributed by atoms with Gasteiger partial charge < -0.3 is 4.57 Å². The van der Waals surface area contributed by atoms with Gasteiger partial charge in [0, 0.05) is 17.1 Å². The van der Waals surface area contributed by atoms with Crippen molar-refractivity contribution in [2.24, 2.45) is 5.10 Å². The summed E-state index contributed by atoms with van der Waals surface area (Å²) in [6, 6.07) is 14.4. The van der Waals surface area contributed by atoms with E-state index in [1.54, 1.807) is 17.7 Å². The minimum atomic E-state index is 0.732. The smallest absolute Gasteiger partial charge is 0.159 e. The Kier molecular flexibility index (Phi) is 4.50. The van der Waals surface area contributed by atoms with Gasteiger partial charge in [0.2, 0.25) is 0 Å². The molecule has 0 spiro atoms. The lowest BCUT2D eigenvalue weighted by atomic mass is 10.2. The maximum absolute atomic E-state index is 4.54. The Balaban J connectivity index is 1.71. The van der Waals surface area contributed by atoms with Gasteiger partial charge in [-0.1, -0.05) is 36.4 Å². The monoisotopic (exact) mass is 361 g/mol. The number of rotatable bonds is 5. The van der Waals surface area contributed by atoms with Crippen LogP contribution in [0.25, 0.3) is 11.0 Å². The summed E-state index contributed by atoms with van der Waals surface area (Å²) in [6.45, 7) is 5.02. The summed E-state index contributed by atoms with van der Waals surface area (Å²) in [4.78, 5) is 10.0. The summed E-state index contributed by atoms with van der Waals surface area (Å²) in [5.41, 5.74) is 7.61. The largest absolute Gasteiger partial charge is 0.325 e. The minimum Gasteiger partial charge on any atom is -0.325 e. The van der Waals surface area contributed by atoms with Crippen LogP contribution < -0.4 is 5.43 Å². The number of nitrogens with one attached hydrogen (secondary N) is 1. The lowest BCUT2D eigenvalue weighted by Crippen LogP contribution is -2.03. The summed E-state index contributed by atoms with van der Waals surface area (Å²) in [7, 11) is 0. The van der Waals surface area contributed by atoms with E-state index < -0.39 is 0 Å². The third kappa shape index (κ3) is 3.11. The van der Waals surface area contributed by atoms with Gasteiger partial charge in [-0.25, -0.2) is 9.97 Å². The molecule has 130 valence electrons. The lowest BCUT2D eigenvalue weighted by molar-refractivity contribution is 0.790. The first-order valence-electron chi connectivity index (χ1n) is 8.41. The molecule has 0 bridgehead atoms. The molecule has 0 aliphatic carbocycles. The second-order valence-electron chi connectivity index (χ2n) is 6.09. The number of anilines is 1. The van der Waals surface area contributed by atoms with Crippen molar-refractivity contribution in [2.75, 3.05) is 5.43 Å². The zero-order valence-electron chi connectivity index (χ0n) is 14.7. The molecule has 4 rings (SSSR count). The summed E-state index contributed by atoms with van der Waals surface area (Å²) in [5, 5.41) is 7.38. The number of fused-ring (bicyclic) bond motifs is 1. The molecule has 6 heteroatoms. The van der Waals surface area contributed by atoms with Gasteiger partial charge in [-0.05, 0) is 36.4 Å². The Morgan fingerprint density at radius 1 is 1.12 bits per heavy atom. The van der Waals surface area contributed by atoms with Crippen LogP contribution in [0.1, 0.15) is 21.7 Å². The van der Waals surface area contributed by atoms with Crippen molar-refractivity contribution in [2.45, 2.75) is 20.4 Å². The SMILES string of the molecule is Cc1c(C)n(Cc2ccccc2)c2ncnc(N/N=C/c3cccs3)c12. The van der Waals surface area contributed by atoms with Crippen LogP contribution in [0, 0.1) is 13.8 Å². The van der Waals surface area contributed by atoms with E-state index in [2.05, 4.69) is 63.2 Å². The Labute approximate surface area is 156 Å². The van der Waals surface area contributed by atoms with Crippen LogP contribution in [0.2, 0.25) is 0 Å². The summed E-state index contributed by atoms with van der Waals surface area (Å²) < 4.78 is 2.23. The molecule has 4 aromatic rings. The molecular formula is C20H19N5S. The van der Waals surface area contributed by atoms with Crippen molar-refractivity contribution in [3.8, 4) is 0 Å². The second-order valence-corrected chi connectivity index (χ2v) is 7.07. The standard InChI is InChI=1S/C20H19N5S/c1-14-15(2)25(12-16-7-4-3-5-8-16)20-18(14)19(21-13-22-20)24-23-11-17-9-6-10-26-17/h3-11,13H,12H2,1-2H3,(H,21,22,24)/b23-11+. The van der Waals surface area contributed by atoms with E-state index in [0.29, 0.717) is 0 Å². The molecule has 0 aliphatic rings. The van der Waals surface area contributed by atoms with E-state index in [-0.39, 0.29) is 0 Å².